The molecule has 0 aromatic carbocycles. The van der Waals surface area contributed by atoms with Gasteiger partial charge in [0.15, 0.2) is 5.65 Å². The second-order valence-electron chi connectivity index (χ2n) is 3.45. The molecule has 0 atom stereocenters. The lowest BCUT2D eigenvalue weighted by Gasteiger charge is -2.06. The minimum Gasteiger partial charge on any atom is -0.363 e. The van der Waals surface area contributed by atoms with Crippen LogP contribution in [0.2, 0.25) is 0 Å². The van der Waals surface area contributed by atoms with Gasteiger partial charge >= 0.3 is 0 Å². The highest BCUT2D eigenvalue weighted by atomic mass is 32.1. The first kappa shape index (κ1) is 10.9. The van der Waals surface area contributed by atoms with Gasteiger partial charge in [-0.1, -0.05) is 0 Å². The molecule has 3 rings (SSSR count). The molecule has 5 N–H and O–H groups in total. The molecule has 3 aromatic heterocycles. The summed E-state index contributed by atoms with van der Waals surface area (Å²) in [7, 11) is 0. The normalized spacial score (nSPS) is 10.7. The van der Waals surface area contributed by atoms with Crippen LogP contribution in [0.3, 0.4) is 0 Å². The Morgan fingerprint density at radius 2 is 2.33 bits per heavy atom. The van der Waals surface area contributed by atoms with Crippen molar-refractivity contribution in [1.29, 1.82) is 0 Å². The van der Waals surface area contributed by atoms with Crippen molar-refractivity contribution >= 4 is 34.1 Å². The van der Waals surface area contributed by atoms with E-state index < -0.39 is 0 Å². The molecular formula is C9H10N8S. The van der Waals surface area contributed by atoms with Crippen LogP contribution in [0, 0.1) is 0 Å². The lowest BCUT2D eigenvalue weighted by Crippen LogP contribution is -2.12. The number of rotatable bonds is 4. The van der Waals surface area contributed by atoms with Crippen molar-refractivity contribution in [3.8, 4) is 0 Å². The van der Waals surface area contributed by atoms with Gasteiger partial charge in [-0.25, -0.2) is 10.8 Å². The number of aromatic nitrogens is 5. The lowest BCUT2D eigenvalue weighted by molar-refractivity contribution is 1.06. The number of anilines is 2. The van der Waals surface area contributed by atoms with Crippen molar-refractivity contribution in [3.63, 3.8) is 0 Å². The van der Waals surface area contributed by atoms with Crippen molar-refractivity contribution < 1.29 is 0 Å². The summed E-state index contributed by atoms with van der Waals surface area (Å²) in [5, 5.41) is 13.6. The van der Waals surface area contributed by atoms with E-state index in [0.29, 0.717) is 24.0 Å². The number of fused-ring (bicyclic) bond motifs is 1. The molecule has 0 fully saturated rings. The molecule has 0 saturated carbocycles. The van der Waals surface area contributed by atoms with Crippen molar-refractivity contribution in [2.45, 2.75) is 6.54 Å². The number of thiazole rings is 1. The van der Waals surface area contributed by atoms with E-state index in [1.807, 2.05) is 5.38 Å². The summed E-state index contributed by atoms with van der Waals surface area (Å²) in [4.78, 5) is 12.6. The van der Waals surface area contributed by atoms with E-state index in [1.54, 1.807) is 23.7 Å². The molecule has 18 heavy (non-hydrogen) atoms. The third-order valence-electron chi connectivity index (χ3n) is 2.33. The molecule has 0 amide bonds. The fraction of sp³-hybridized carbons (Fsp3) is 0.111. The number of aromatic amines is 1. The van der Waals surface area contributed by atoms with Crippen LogP contribution in [0.15, 0.2) is 17.8 Å². The summed E-state index contributed by atoms with van der Waals surface area (Å²) in [6.45, 7) is 0.596. The Bertz CT molecular complexity index is 646. The van der Waals surface area contributed by atoms with Gasteiger partial charge in [0.25, 0.3) is 0 Å². The number of H-pyrrole nitrogens is 1. The van der Waals surface area contributed by atoms with Gasteiger partial charge in [-0.3, -0.25) is 10.5 Å². The minimum absolute atomic E-state index is 0.327. The van der Waals surface area contributed by atoms with E-state index >= 15 is 0 Å². The molecule has 0 unspecified atom stereocenters. The van der Waals surface area contributed by atoms with Gasteiger partial charge in [-0.2, -0.15) is 15.1 Å². The zero-order valence-electron chi connectivity index (χ0n) is 9.21. The van der Waals surface area contributed by atoms with Crippen LogP contribution >= 0.6 is 11.3 Å². The van der Waals surface area contributed by atoms with Gasteiger partial charge in [0.2, 0.25) is 5.95 Å². The van der Waals surface area contributed by atoms with Crippen LogP contribution in [-0.2, 0) is 6.54 Å². The van der Waals surface area contributed by atoms with Crippen molar-refractivity contribution in [2.75, 3.05) is 10.7 Å². The molecule has 0 radical (unpaired) electrons. The van der Waals surface area contributed by atoms with E-state index in [0.717, 1.165) is 10.4 Å². The van der Waals surface area contributed by atoms with E-state index in [-0.39, 0.29) is 0 Å². The fourth-order valence-corrected chi connectivity index (χ4v) is 2.09. The number of hydrogen-bond donors (Lipinski definition) is 4. The molecule has 0 saturated heterocycles. The standard InChI is InChI=1S/C9H10N8S/c10-16-9-14-7(5-3-13-17-8(5)15-9)12-4-6-11-1-2-18-6/h1-3H,4,10H2,(H3,12,13,14,15,16,17). The maximum absolute atomic E-state index is 5.32. The predicted molar refractivity (Wildman–Crippen MR) is 68.9 cm³/mol. The second kappa shape index (κ2) is 4.55. The zero-order chi connectivity index (χ0) is 12.4. The van der Waals surface area contributed by atoms with E-state index in [4.69, 9.17) is 5.84 Å². The minimum atomic E-state index is 0.327. The Morgan fingerprint density at radius 3 is 3.11 bits per heavy atom. The Balaban J connectivity index is 1.92. The van der Waals surface area contributed by atoms with Crippen LogP contribution in [0.4, 0.5) is 11.8 Å². The van der Waals surface area contributed by atoms with E-state index in [9.17, 15) is 0 Å². The molecule has 3 heterocycles. The van der Waals surface area contributed by atoms with Gasteiger partial charge in [0.05, 0.1) is 18.1 Å². The molecule has 8 nitrogen and oxygen atoms in total. The highest BCUT2D eigenvalue weighted by molar-refractivity contribution is 7.09. The van der Waals surface area contributed by atoms with E-state index in [1.165, 1.54) is 0 Å². The van der Waals surface area contributed by atoms with Gasteiger partial charge in [-0.15, -0.1) is 11.3 Å². The lowest BCUT2D eigenvalue weighted by atomic mass is 10.4. The van der Waals surface area contributed by atoms with E-state index in [2.05, 4.69) is 35.9 Å². The molecule has 0 aliphatic rings. The number of hydrogen-bond acceptors (Lipinski definition) is 8. The van der Waals surface area contributed by atoms with Crippen LogP contribution in [0.25, 0.3) is 11.0 Å². The molecular weight excluding hydrogens is 252 g/mol. The molecule has 9 heteroatoms. The summed E-state index contributed by atoms with van der Waals surface area (Å²) in [6, 6.07) is 0. The second-order valence-corrected chi connectivity index (χ2v) is 4.43. The maximum Gasteiger partial charge on any atom is 0.241 e. The molecule has 0 spiro atoms. The van der Waals surface area contributed by atoms with Crippen molar-refractivity contribution in [1.82, 2.24) is 25.1 Å². The van der Waals surface area contributed by atoms with Gasteiger partial charge < -0.3 is 5.32 Å². The van der Waals surface area contributed by atoms with Crippen molar-refractivity contribution in [3.05, 3.63) is 22.8 Å². The third-order valence-corrected chi connectivity index (χ3v) is 3.11. The number of hydrazine groups is 1. The summed E-state index contributed by atoms with van der Waals surface area (Å²) >= 11 is 1.58. The van der Waals surface area contributed by atoms with Crippen LogP contribution in [0.1, 0.15) is 5.01 Å². The molecule has 3 aromatic rings. The Labute approximate surface area is 106 Å². The summed E-state index contributed by atoms with van der Waals surface area (Å²) in [6.07, 6.45) is 3.43. The summed E-state index contributed by atoms with van der Waals surface area (Å²) in [5.74, 6) is 6.31. The average Bonchev–Trinajstić information content (AvgIpc) is 3.06. The predicted octanol–water partition coefficient (Wildman–Crippen LogP) is 0.707. The smallest absolute Gasteiger partial charge is 0.241 e. The number of nitrogens with one attached hydrogen (secondary N) is 3. The van der Waals surface area contributed by atoms with Gasteiger partial charge in [0, 0.05) is 11.6 Å². The zero-order valence-corrected chi connectivity index (χ0v) is 10.0. The Kier molecular flexibility index (Phi) is 2.74. The van der Waals surface area contributed by atoms with Crippen LogP contribution in [0.5, 0.6) is 0 Å². The SMILES string of the molecule is NNc1nc(NCc2nccs2)c2cn[nH]c2n1. The van der Waals surface area contributed by atoms with Crippen LogP contribution in [-0.4, -0.2) is 25.1 Å². The number of nitrogen functional groups attached to an aromatic ring is 1. The fourth-order valence-electron chi connectivity index (χ4n) is 1.53. The maximum atomic E-state index is 5.32. The Hall–Kier alpha value is -2.26. The third kappa shape index (κ3) is 1.96. The topological polar surface area (TPSA) is 117 Å². The van der Waals surface area contributed by atoms with Crippen molar-refractivity contribution in [2.24, 2.45) is 5.84 Å². The summed E-state index contributed by atoms with van der Waals surface area (Å²) < 4.78 is 0. The quantitative estimate of drug-likeness (QED) is 0.404. The highest BCUT2D eigenvalue weighted by Gasteiger charge is 2.09. The van der Waals surface area contributed by atoms with Gasteiger partial charge in [-0.05, 0) is 0 Å². The van der Waals surface area contributed by atoms with Crippen LogP contribution < -0.4 is 16.6 Å². The molecule has 0 aliphatic carbocycles. The Morgan fingerprint density at radius 1 is 1.39 bits per heavy atom. The summed E-state index contributed by atoms with van der Waals surface area (Å²) in [5.41, 5.74) is 3.04. The first-order valence-electron chi connectivity index (χ1n) is 5.17. The first-order chi connectivity index (χ1) is 8.86. The van der Waals surface area contributed by atoms with Gasteiger partial charge in [0.1, 0.15) is 10.8 Å². The highest BCUT2D eigenvalue weighted by Crippen LogP contribution is 2.20. The molecule has 92 valence electrons. The largest absolute Gasteiger partial charge is 0.363 e. The average molecular weight is 262 g/mol. The molecule has 0 bridgehead atoms. The monoisotopic (exact) mass is 262 g/mol. The first-order valence-corrected chi connectivity index (χ1v) is 6.05. The number of nitrogens with two attached hydrogens (primary N) is 1. The molecule has 0 aliphatic heterocycles. The number of nitrogens with zero attached hydrogens (tertiary/aromatic N) is 4.